The number of ether oxygens (including phenoxy) is 1. The van der Waals surface area contributed by atoms with Crippen LogP contribution in [0.1, 0.15) is 32.6 Å². The Kier molecular flexibility index (Phi) is 5.64. The van der Waals surface area contributed by atoms with Gasteiger partial charge in [-0.05, 0) is 19.8 Å². The van der Waals surface area contributed by atoms with E-state index in [0.717, 1.165) is 19.7 Å². The molecule has 0 aromatic rings. The van der Waals surface area contributed by atoms with E-state index in [4.69, 9.17) is 4.74 Å². The number of hydrogen-bond donors (Lipinski definition) is 1. The molecule has 1 saturated carbocycles. The maximum Gasteiger partial charge on any atom is 0.0595 e. The zero-order chi connectivity index (χ0) is 9.36. The van der Waals surface area contributed by atoms with Gasteiger partial charge < -0.3 is 10.1 Å². The SMILES string of the molecule is CC#CCNCCOC1CCCC1. The Bertz CT molecular complexity index is 174. The van der Waals surface area contributed by atoms with E-state index in [-0.39, 0.29) is 0 Å². The molecule has 0 bridgehead atoms. The van der Waals surface area contributed by atoms with Crippen LogP contribution in [0.3, 0.4) is 0 Å². The molecule has 1 rings (SSSR count). The van der Waals surface area contributed by atoms with E-state index in [1.807, 2.05) is 6.92 Å². The van der Waals surface area contributed by atoms with Gasteiger partial charge in [-0.25, -0.2) is 0 Å². The van der Waals surface area contributed by atoms with Crippen LogP contribution in [-0.2, 0) is 4.74 Å². The van der Waals surface area contributed by atoms with Gasteiger partial charge in [-0.2, -0.15) is 0 Å². The summed E-state index contributed by atoms with van der Waals surface area (Å²) in [5.41, 5.74) is 0. The molecular formula is C11H19NO. The van der Waals surface area contributed by atoms with Crippen molar-refractivity contribution >= 4 is 0 Å². The predicted molar refractivity (Wildman–Crippen MR) is 54.5 cm³/mol. The normalized spacial score (nSPS) is 17.0. The third-order valence-electron chi connectivity index (χ3n) is 2.32. The number of hydrogen-bond acceptors (Lipinski definition) is 2. The molecule has 2 nitrogen and oxygen atoms in total. The minimum absolute atomic E-state index is 0.541. The molecule has 1 fully saturated rings. The summed E-state index contributed by atoms with van der Waals surface area (Å²) in [7, 11) is 0. The van der Waals surface area contributed by atoms with E-state index in [2.05, 4.69) is 17.2 Å². The first-order chi connectivity index (χ1) is 6.43. The summed E-state index contributed by atoms with van der Waals surface area (Å²) >= 11 is 0. The molecule has 0 radical (unpaired) electrons. The van der Waals surface area contributed by atoms with Gasteiger partial charge in [0, 0.05) is 6.54 Å². The van der Waals surface area contributed by atoms with Gasteiger partial charge in [0.05, 0.1) is 19.3 Å². The molecule has 0 heterocycles. The lowest BCUT2D eigenvalue weighted by Gasteiger charge is -2.10. The van der Waals surface area contributed by atoms with Gasteiger partial charge in [-0.3, -0.25) is 0 Å². The van der Waals surface area contributed by atoms with Gasteiger partial charge in [-0.1, -0.05) is 18.8 Å². The second-order valence-electron chi connectivity index (χ2n) is 3.38. The summed E-state index contributed by atoms with van der Waals surface area (Å²) in [6.07, 6.45) is 5.75. The van der Waals surface area contributed by atoms with Gasteiger partial charge in [0.2, 0.25) is 0 Å². The highest BCUT2D eigenvalue weighted by Crippen LogP contribution is 2.20. The molecule has 0 amide bonds. The molecule has 0 unspecified atom stereocenters. The molecule has 13 heavy (non-hydrogen) atoms. The minimum Gasteiger partial charge on any atom is -0.377 e. The molecule has 0 aromatic heterocycles. The standard InChI is InChI=1S/C11H19NO/c1-2-3-8-12-9-10-13-11-6-4-5-7-11/h11-12H,4-10H2,1H3. The predicted octanol–water partition coefficient (Wildman–Crippen LogP) is 1.56. The average Bonchev–Trinajstić information content (AvgIpc) is 2.63. The van der Waals surface area contributed by atoms with Crippen LogP contribution in [0.25, 0.3) is 0 Å². The summed E-state index contributed by atoms with van der Waals surface area (Å²) in [5.74, 6) is 5.81. The van der Waals surface area contributed by atoms with Crippen LogP contribution in [0, 0.1) is 11.8 Å². The molecule has 1 aliphatic carbocycles. The molecule has 0 spiro atoms. The van der Waals surface area contributed by atoms with Crippen molar-refractivity contribution in [2.75, 3.05) is 19.7 Å². The Labute approximate surface area is 81.0 Å². The zero-order valence-corrected chi connectivity index (χ0v) is 8.44. The highest BCUT2D eigenvalue weighted by atomic mass is 16.5. The second-order valence-corrected chi connectivity index (χ2v) is 3.38. The van der Waals surface area contributed by atoms with E-state index < -0.39 is 0 Å². The van der Waals surface area contributed by atoms with Crippen LogP contribution in [0.4, 0.5) is 0 Å². The Hall–Kier alpha value is -0.520. The average molecular weight is 181 g/mol. The van der Waals surface area contributed by atoms with Crippen molar-refractivity contribution in [2.45, 2.75) is 38.7 Å². The fourth-order valence-electron chi connectivity index (χ4n) is 1.59. The summed E-state index contributed by atoms with van der Waals surface area (Å²) in [6.45, 7) is 4.39. The van der Waals surface area contributed by atoms with Crippen molar-refractivity contribution in [3.63, 3.8) is 0 Å². The first kappa shape index (κ1) is 10.6. The van der Waals surface area contributed by atoms with Crippen LogP contribution >= 0.6 is 0 Å². The molecule has 2 heteroatoms. The zero-order valence-electron chi connectivity index (χ0n) is 8.44. The summed E-state index contributed by atoms with van der Waals surface area (Å²) < 4.78 is 5.67. The highest BCUT2D eigenvalue weighted by molar-refractivity contribution is 4.96. The largest absolute Gasteiger partial charge is 0.377 e. The van der Waals surface area contributed by atoms with Crippen molar-refractivity contribution in [1.29, 1.82) is 0 Å². The monoisotopic (exact) mass is 181 g/mol. The van der Waals surface area contributed by atoms with E-state index in [0.29, 0.717) is 6.10 Å². The summed E-state index contributed by atoms with van der Waals surface area (Å²) in [5, 5.41) is 3.21. The van der Waals surface area contributed by atoms with Crippen molar-refractivity contribution in [1.82, 2.24) is 5.32 Å². The van der Waals surface area contributed by atoms with E-state index in [1.54, 1.807) is 0 Å². The van der Waals surface area contributed by atoms with Crippen LogP contribution in [-0.4, -0.2) is 25.8 Å². The first-order valence-corrected chi connectivity index (χ1v) is 5.15. The lowest BCUT2D eigenvalue weighted by Crippen LogP contribution is -2.22. The summed E-state index contributed by atoms with van der Waals surface area (Å²) in [4.78, 5) is 0. The lowest BCUT2D eigenvalue weighted by atomic mass is 10.3. The number of nitrogens with one attached hydrogen (secondary N) is 1. The maximum atomic E-state index is 5.67. The van der Waals surface area contributed by atoms with Crippen LogP contribution < -0.4 is 5.32 Å². The Balaban J connectivity index is 1.85. The molecule has 1 aliphatic rings. The third kappa shape index (κ3) is 4.92. The topological polar surface area (TPSA) is 21.3 Å². The fraction of sp³-hybridized carbons (Fsp3) is 0.818. The molecule has 0 aliphatic heterocycles. The quantitative estimate of drug-likeness (QED) is 0.513. The van der Waals surface area contributed by atoms with Crippen molar-refractivity contribution < 1.29 is 4.74 Å². The maximum absolute atomic E-state index is 5.67. The number of rotatable bonds is 5. The van der Waals surface area contributed by atoms with Crippen molar-refractivity contribution in [3.05, 3.63) is 0 Å². The van der Waals surface area contributed by atoms with Gasteiger partial charge in [-0.15, -0.1) is 5.92 Å². The van der Waals surface area contributed by atoms with Gasteiger partial charge in [0.15, 0.2) is 0 Å². The molecule has 0 aromatic carbocycles. The molecule has 1 N–H and O–H groups in total. The first-order valence-electron chi connectivity index (χ1n) is 5.15. The second kappa shape index (κ2) is 6.94. The molecule has 74 valence electrons. The molecule has 0 saturated heterocycles. The van der Waals surface area contributed by atoms with Crippen molar-refractivity contribution in [3.8, 4) is 11.8 Å². The molecule has 0 atom stereocenters. The smallest absolute Gasteiger partial charge is 0.0595 e. The Morgan fingerprint density at radius 1 is 1.38 bits per heavy atom. The van der Waals surface area contributed by atoms with Gasteiger partial charge in [0.1, 0.15) is 0 Å². The van der Waals surface area contributed by atoms with E-state index in [1.165, 1.54) is 25.7 Å². The van der Waals surface area contributed by atoms with E-state index in [9.17, 15) is 0 Å². The Morgan fingerprint density at radius 2 is 2.15 bits per heavy atom. The third-order valence-corrected chi connectivity index (χ3v) is 2.32. The summed E-state index contributed by atoms with van der Waals surface area (Å²) in [6, 6.07) is 0. The fourth-order valence-corrected chi connectivity index (χ4v) is 1.59. The van der Waals surface area contributed by atoms with Crippen molar-refractivity contribution in [2.24, 2.45) is 0 Å². The van der Waals surface area contributed by atoms with Gasteiger partial charge in [0.25, 0.3) is 0 Å². The van der Waals surface area contributed by atoms with Crippen LogP contribution in [0.2, 0.25) is 0 Å². The Morgan fingerprint density at radius 3 is 2.85 bits per heavy atom. The van der Waals surface area contributed by atoms with Gasteiger partial charge >= 0.3 is 0 Å². The minimum atomic E-state index is 0.541. The van der Waals surface area contributed by atoms with Crippen LogP contribution in [0.15, 0.2) is 0 Å². The lowest BCUT2D eigenvalue weighted by molar-refractivity contribution is 0.0609. The highest BCUT2D eigenvalue weighted by Gasteiger charge is 2.14. The van der Waals surface area contributed by atoms with E-state index >= 15 is 0 Å². The van der Waals surface area contributed by atoms with Crippen LogP contribution in [0.5, 0.6) is 0 Å². The molecular weight excluding hydrogens is 162 g/mol.